The quantitative estimate of drug-likeness (QED) is 0.789. The standard InChI is InChI=1S/C16H23NO3S/c1-6-15(16(18)11(2)3)13(5)17-21(19,20)14-9-7-12(4)8-10-14/h1,7-11,13,15-18H,2-5H3/t13-,15+,16+/m0/s1. The van der Waals surface area contributed by atoms with Crippen LogP contribution >= 0.6 is 0 Å². The van der Waals surface area contributed by atoms with E-state index in [1.807, 2.05) is 20.8 Å². The largest absolute Gasteiger partial charge is 0.392 e. The minimum atomic E-state index is -3.65. The summed E-state index contributed by atoms with van der Waals surface area (Å²) < 4.78 is 27.2. The molecule has 0 aliphatic carbocycles. The zero-order valence-electron chi connectivity index (χ0n) is 12.9. The molecule has 1 aromatic carbocycles. The monoisotopic (exact) mass is 309 g/mol. The van der Waals surface area contributed by atoms with Crippen molar-refractivity contribution >= 4 is 10.0 Å². The van der Waals surface area contributed by atoms with Gasteiger partial charge in [-0.25, -0.2) is 13.1 Å². The van der Waals surface area contributed by atoms with Gasteiger partial charge in [0.2, 0.25) is 10.0 Å². The van der Waals surface area contributed by atoms with Crippen LogP contribution in [0.2, 0.25) is 0 Å². The average molecular weight is 309 g/mol. The number of terminal acetylenes is 1. The van der Waals surface area contributed by atoms with Crippen molar-refractivity contribution in [2.24, 2.45) is 11.8 Å². The molecular formula is C16H23NO3S. The summed E-state index contributed by atoms with van der Waals surface area (Å²) in [6.45, 7) is 7.24. The van der Waals surface area contributed by atoms with Crippen molar-refractivity contribution in [3.63, 3.8) is 0 Å². The number of benzene rings is 1. The lowest BCUT2D eigenvalue weighted by Crippen LogP contribution is -2.43. The Kier molecular flexibility index (Phi) is 5.97. The van der Waals surface area contributed by atoms with Crippen LogP contribution < -0.4 is 4.72 Å². The van der Waals surface area contributed by atoms with E-state index < -0.39 is 28.1 Å². The van der Waals surface area contributed by atoms with Crippen molar-refractivity contribution in [3.05, 3.63) is 29.8 Å². The van der Waals surface area contributed by atoms with Gasteiger partial charge in [0, 0.05) is 6.04 Å². The third kappa shape index (κ3) is 4.57. The molecule has 0 amide bonds. The van der Waals surface area contributed by atoms with Gasteiger partial charge in [0.25, 0.3) is 0 Å². The van der Waals surface area contributed by atoms with Crippen LogP contribution in [0.3, 0.4) is 0 Å². The summed E-state index contributed by atoms with van der Waals surface area (Å²) >= 11 is 0. The van der Waals surface area contributed by atoms with E-state index in [0.29, 0.717) is 0 Å². The number of hydrogen-bond donors (Lipinski definition) is 2. The van der Waals surface area contributed by atoms with E-state index in [9.17, 15) is 13.5 Å². The first kappa shape index (κ1) is 17.7. The highest BCUT2D eigenvalue weighted by Gasteiger charge is 2.29. The molecular weight excluding hydrogens is 286 g/mol. The summed E-state index contributed by atoms with van der Waals surface area (Å²) in [6.07, 6.45) is 4.69. The summed E-state index contributed by atoms with van der Waals surface area (Å²) in [6, 6.07) is 6.02. The fraction of sp³-hybridized carbons (Fsp3) is 0.500. The minimum Gasteiger partial charge on any atom is -0.392 e. The topological polar surface area (TPSA) is 66.4 Å². The summed E-state index contributed by atoms with van der Waals surface area (Å²) in [4.78, 5) is 0.190. The fourth-order valence-corrected chi connectivity index (χ4v) is 3.32. The maximum Gasteiger partial charge on any atom is 0.240 e. The summed E-state index contributed by atoms with van der Waals surface area (Å²) in [7, 11) is -3.65. The van der Waals surface area contributed by atoms with E-state index >= 15 is 0 Å². The normalized spacial score (nSPS) is 16.2. The Bertz CT molecular complexity index is 599. The lowest BCUT2D eigenvalue weighted by atomic mass is 9.89. The second kappa shape index (κ2) is 7.08. The van der Waals surface area contributed by atoms with Crippen LogP contribution in [0.5, 0.6) is 0 Å². The second-order valence-electron chi connectivity index (χ2n) is 5.65. The third-order valence-electron chi connectivity index (χ3n) is 3.45. The molecule has 21 heavy (non-hydrogen) atoms. The molecule has 0 aliphatic rings. The Balaban J connectivity index is 2.93. The van der Waals surface area contributed by atoms with E-state index in [2.05, 4.69) is 10.6 Å². The molecule has 0 saturated heterocycles. The second-order valence-corrected chi connectivity index (χ2v) is 7.36. The van der Waals surface area contributed by atoms with Crippen LogP contribution in [-0.2, 0) is 10.0 Å². The number of aliphatic hydroxyl groups excluding tert-OH is 1. The van der Waals surface area contributed by atoms with Crippen LogP contribution in [0.4, 0.5) is 0 Å². The van der Waals surface area contributed by atoms with Gasteiger partial charge in [0.15, 0.2) is 0 Å². The molecule has 0 bridgehead atoms. The Morgan fingerprint density at radius 2 is 1.71 bits per heavy atom. The van der Waals surface area contributed by atoms with Crippen molar-refractivity contribution in [1.82, 2.24) is 4.72 Å². The summed E-state index contributed by atoms with van der Waals surface area (Å²) in [5.74, 6) is 1.87. The van der Waals surface area contributed by atoms with E-state index in [0.717, 1.165) is 5.56 Å². The number of hydrogen-bond acceptors (Lipinski definition) is 3. The molecule has 4 nitrogen and oxygen atoms in total. The van der Waals surface area contributed by atoms with Gasteiger partial charge >= 0.3 is 0 Å². The number of aryl methyl sites for hydroxylation is 1. The molecule has 0 radical (unpaired) electrons. The predicted octanol–water partition coefficient (Wildman–Crippen LogP) is 1.93. The van der Waals surface area contributed by atoms with Gasteiger partial charge in [-0.05, 0) is 31.9 Å². The summed E-state index contributed by atoms with van der Waals surface area (Å²) in [5.41, 5.74) is 0.985. The zero-order chi connectivity index (χ0) is 16.2. The average Bonchev–Trinajstić information content (AvgIpc) is 2.39. The van der Waals surface area contributed by atoms with Crippen LogP contribution in [-0.4, -0.2) is 25.7 Å². The van der Waals surface area contributed by atoms with Crippen molar-refractivity contribution in [2.45, 2.75) is 44.7 Å². The Hall–Kier alpha value is -1.35. The molecule has 1 aromatic rings. The number of sulfonamides is 1. The maximum absolute atomic E-state index is 12.3. The van der Waals surface area contributed by atoms with Gasteiger partial charge in [-0.2, -0.15) is 0 Å². The van der Waals surface area contributed by atoms with Gasteiger partial charge in [-0.15, -0.1) is 6.42 Å². The van der Waals surface area contributed by atoms with Crippen LogP contribution in [0.15, 0.2) is 29.2 Å². The number of nitrogens with one attached hydrogen (secondary N) is 1. The van der Waals surface area contributed by atoms with Crippen LogP contribution in [0, 0.1) is 31.1 Å². The first-order valence-electron chi connectivity index (χ1n) is 6.92. The lowest BCUT2D eigenvalue weighted by Gasteiger charge is -2.27. The number of rotatable bonds is 6. The Morgan fingerprint density at radius 3 is 2.14 bits per heavy atom. The summed E-state index contributed by atoms with van der Waals surface area (Å²) in [5, 5.41) is 10.1. The molecule has 0 aromatic heterocycles. The van der Waals surface area contributed by atoms with Gasteiger partial charge < -0.3 is 5.11 Å². The third-order valence-corrected chi connectivity index (χ3v) is 5.03. The lowest BCUT2D eigenvalue weighted by molar-refractivity contribution is 0.0774. The highest BCUT2D eigenvalue weighted by atomic mass is 32.2. The van der Waals surface area contributed by atoms with Crippen LogP contribution in [0.25, 0.3) is 0 Å². The molecule has 0 fully saturated rings. The number of aliphatic hydroxyl groups is 1. The van der Waals surface area contributed by atoms with E-state index in [4.69, 9.17) is 6.42 Å². The van der Waals surface area contributed by atoms with Crippen LogP contribution in [0.1, 0.15) is 26.3 Å². The Morgan fingerprint density at radius 1 is 1.19 bits per heavy atom. The molecule has 0 unspecified atom stereocenters. The molecule has 3 atom stereocenters. The molecule has 0 heterocycles. The molecule has 0 saturated carbocycles. The van der Waals surface area contributed by atoms with E-state index in [1.165, 1.54) is 0 Å². The Labute approximate surface area is 127 Å². The smallest absolute Gasteiger partial charge is 0.240 e. The van der Waals surface area contributed by atoms with Crippen molar-refractivity contribution in [2.75, 3.05) is 0 Å². The van der Waals surface area contributed by atoms with Gasteiger partial charge in [0.05, 0.1) is 16.9 Å². The molecule has 5 heteroatoms. The highest BCUT2D eigenvalue weighted by Crippen LogP contribution is 2.18. The molecule has 0 aliphatic heterocycles. The van der Waals surface area contributed by atoms with Gasteiger partial charge in [0.1, 0.15) is 0 Å². The van der Waals surface area contributed by atoms with Gasteiger partial charge in [-0.1, -0.05) is 37.5 Å². The van der Waals surface area contributed by atoms with Crippen molar-refractivity contribution < 1.29 is 13.5 Å². The van der Waals surface area contributed by atoms with Crippen molar-refractivity contribution in [1.29, 1.82) is 0 Å². The molecule has 0 spiro atoms. The highest BCUT2D eigenvalue weighted by molar-refractivity contribution is 7.89. The van der Waals surface area contributed by atoms with E-state index in [1.54, 1.807) is 31.2 Å². The maximum atomic E-state index is 12.3. The molecule has 1 rings (SSSR count). The fourth-order valence-electron chi connectivity index (χ4n) is 2.06. The minimum absolute atomic E-state index is 0.0441. The first-order chi connectivity index (χ1) is 9.69. The molecule has 116 valence electrons. The first-order valence-corrected chi connectivity index (χ1v) is 8.40. The molecule has 2 N–H and O–H groups in total. The van der Waals surface area contributed by atoms with Gasteiger partial charge in [-0.3, -0.25) is 0 Å². The van der Waals surface area contributed by atoms with E-state index in [-0.39, 0.29) is 10.8 Å². The zero-order valence-corrected chi connectivity index (χ0v) is 13.7. The predicted molar refractivity (Wildman–Crippen MR) is 84.1 cm³/mol. The van der Waals surface area contributed by atoms with Crippen molar-refractivity contribution in [3.8, 4) is 12.3 Å². The SMILES string of the molecule is C#C[C@H]([C@H](C)NS(=O)(=O)c1ccc(C)cc1)[C@H](O)C(C)C.